The molecule has 0 atom stereocenters. The minimum absolute atomic E-state index is 0.0571. The van der Waals surface area contributed by atoms with Crippen molar-refractivity contribution in [3.63, 3.8) is 0 Å². The average molecular weight is 451 g/mol. The van der Waals surface area contributed by atoms with Crippen LogP contribution in [0.4, 0.5) is 21.6 Å². The Hall–Kier alpha value is -3.78. The monoisotopic (exact) mass is 450 g/mol. The average Bonchev–Trinajstić information content (AvgIpc) is 3.31. The van der Waals surface area contributed by atoms with Crippen LogP contribution in [-0.4, -0.2) is 25.7 Å². The molecule has 0 aliphatic carbocycles. The van der Waals surface area contributed by atoms with Gasteiger partial charge < -0.3 is 10.6 Å². The maximum absolute atomic E-state index is 13.2. The second kappa shape index (κ2) is 9.57. The Balaban J connectivity index is 1.35. The lowest BCUT2D eigenvalue weighted by Crippen LogP contribution is -2.12. The molecule has 0 aliphatic heterocycles. The molecule has 0 saturated carbocycles. The first-order chi connectivity index (χ1) is 15.5. The van der Waals surface area contributed by atoms with Gasteiger partial charge in [0.15, 0.2) is 5.82 Å². The van der Waals surface area contributed by atoms with Gasteiger partial charge in [0.25, 0.3) is 0 Å². The van der Waals surface area contributed by atoms with Gasteiger partial charge in [0.05, 0.1) is 5.02 Å². The maximum Gasteiger partial charge on any atom is 0.224 e. The van der Waals surface area contributed by atoms with Crippen molar-refractivity contribution in [1.82, 2.24) is 19.7 Å². The summed E-state index contributed by atoms with van der Waals surface area (Å²) in [5.41, 5.74) is 2.29. The fraction of sp³-hybridized carbons (Fsp3) is 0.130. The normalized spacial score (nSPS) is 10.7. The Morgan fingerprint density at radius 3 is 2.59 bits per heavy atom. The molecule has 2 aromatic heterocycles. The number of rotatable bonds is 7. The topological polar surface area (TPSA) is 84.7 Å². The number of halogens is 2. The van der Waals surface area contributed by atoms with Crippen LogP contribution in [-0.2, 0) is 11.2 Å². The summed E-state index contributed by atoms with van der Waals surface area (Å²) in [7, 11) is 0. The number of aromatic nitrogens is 4. The Labute approximate surface area is 189 Å². The molecular formula is C23H20ClFN6O. The van der Waals surface area contributed by atoms with E-state index in [1.54, 1.807) is 35.1 Å². The second-order valence-electron chi connectivity index (χ2n) is 7.11. The van der Waals surface area contributed by atoms with Crippen LogP contribution < -0.4 is 10.6 Å². The summed E-state index contributed by atoms with van der Waals surface area (Å²) in [6, 6.07) is 15.4. The van der Waals surface area contributed by atoms with Crippen LogP contribution in [0.1, 0.15) is 17.8 Å². The zero-order chi connectivity index (χ0) is 22.5. The Morgan fingerprint density at radius 1 is 1.09 bits per heavy atom. The molecule has 2 aromatic carbocycles. The summed E-state index contributed by atoms with van der Waals surface area (Å²) in [5, 5.41) is 10.3. The minimum atomic E-state index is -0.469. The zero-order valence-corrected chi connectivity index (χ0v) is 18.0. The van der Waals surface area contributed by atoms with Crippen LogP contribution in [0.2, 0.25) is 5.02 Å². The van der Waals surface area contributed by atoms with Gasteiger partial charge in [0.1, 0.15) is 17.5 Å². The van der Waals surface area contributed by atoms with Gasteiger partial charge in [-0.3, -0.25) is 4.79 Å². The molecule has 0 saturated heterocycles. The number of aryl methyl sites for hydroxylation is 2. The van der Waals surface area contributed by atoms with Crippen molar-refractivity contribution in [3.8, 4) is 5.82 Å². The summed E-state index contributed by atoms with van der Waals surface area (Å²) in [5.74, 6) is 1.31. The predicted molar refractivity (Wildman–Crippen MR) is 122 cm³/mol. The molecule has 0 fully saturated rings. The van der Waals surface area contributed by atoms with Crippen LogP contribution in [0.5, 0.6) is 0 Å². The number of carbonyl (C=O) groups is 1. The quantitative estimate of drug-likeness (QED) is 0.410. The molecule has 9 heteroatoms. The molecular weight excluding hydrogens is 431 g/mol. The highest BCUT2D eigenvalue weighted by molar-refractivity contribution is 6.30. The van der Waals surface area contributed by atoms with E-state index in [-0.39, 0.29) is 17.4 Å². The van der Waals surface area contributed by atoms with Gasteiger partial charge in [-0.1, -0.05) is 17.7 Å². The molecule has 0 unspecified atom stereocenters. The number of hydrogen-bond acceptors (Lipinski definition) is 5. The fourth-order valence-corrected chi connectivity index (χ4v) is 3.30. The second-order valence-corrected chi connectivity index (χ2v) is 7.52. The van der Waals surface area contributed by atoms with Gasteiger partial charge in [0.2, 0.25) is 5.91 Å². The van der Waals surface area contributed by atoms with Gasteiger partial charge in [-0.15, -0.1) is 0 Å². The summed E-state index contributed by atoms with van der Waals surface area (Å²) in [6.45, 7) is 1.82. The van der Waals surface area contributed by atoms with Gasteiger partial charge in [-0.05, 0) is 61.4 Å². The van der Waals surface area contributed by atoms with E-state index in [2.05, 4.69) is 25.7 Å². The van der Waals surface area contributed by atoms with Crippen molar-refractivity contribution in [2.24, 2.45) is 0 Å². The largest absolute Gasteiger partial charge is 0.340 e. The number of hydrogen-bond donors (Lipinski definition) is 2. The Morgan fingerprint density at radius 2 is 1.88 bits per heavy atom. The Bertz CT molecular complexity index is 1230. The third-order valence-electron chi connectivity index (χ3n) is 4.63. The van der Waals surface area contributed by atoms with Gasteiger partial charge in [-0.2, -0.15) is 5.10 Å². The van der Waals surface area contributed by atoms with E-state index in [0.717, 1.165) is 11.3 Å². The molecule has 4 rings (SSSR count). The van der Waals surface area contributed by atoms with E-state index < -0.39 is 5.82 Å². The molecule has 0 radical (unpaired) electrons. The Kier molecular flexibility index (Phi) is 6.42. The lowest BCUT2D eigenvalue weighted by atomic mass is 10.1. The minimum Gasteiger partial charge on any atom is -0.340 e. The number of anilines is 3. The van der Waals surface area contributed by atoms with E-state index in [1.807, 2.05) is 31.3 Å². The van der Waals surface area contributed by atoms with E-state index in [1.165, 1.54) is 12.1 Å². The first-order valence-corrected chi connectivity index (χ1v) is 10.3. The summed E-state index contributed by atoms with van der Waals surface area (Å²) in [4.78, 5) is 21.0. The lowest BCUT2D eigenvalue weighted by Gasteiger charge is -2.10. The number of benzene rings is 2. The van der Waals surface area contributed by atoms with Gasteiger partial charge in [-0.25, -0.2) is 19.0 Å². The SMILES string of the molecule is Cc1nc(Nc2ccc(NC(=O)CCc3ccc(F)c(Cl)c3)cc2)cc(-n2cccn2)n1. The van der Waals surface area contributed by atoms with Crippen molar-refractivity contribution in [1.29, 1.82) is 0 Å². The molecule has 0 bridgehead atoms. The smallest absolute Gasteiger partial charge is 0.224 e. The molecule has 4 aromatic rings. The summed E-state index contributed by atoms with van der Waals surface area (Å²) >= 11 is 5.78. The molecule has 1 amide bonds. The standard InChI is InChI=1S/C23H20ClFN6O/c1-15-27-21(14-22(28-15)31-12-2-11-26-31)29-17-5-7-18(8-6-17)30-23(32)10-4-16-3-9-20(25)19(24)13-16/h2-3,5-9,11-14H,4,10H2,1H3,(H,30,32)(H,27,28,29). The highest BCUT2D eigenvalue weighted by Crippen LogP contribution is 2.20. The van der Waals surface area contributed by atoms with E-state index in [4.69, 9.17) is 11.6 Å². The van der Waals surface area contributed by atoms with E-state index in [9.17, 15) is 9.18 Å². The zero-order valence-electron chi connectivity index (χ0n) is 17.2. The number of carbonyl (C=O) groups excluding carboxylic acids is 1. The third kappa shape index (κ3) is 5.47. The van der Waals surface area contributed by atoms with Crippen LogP contribution in [0, 0.1) is 12.7 Å². The van der Waals surface area contributed by atoms with Crippen molar-refractivity contribution in [3.05, 3.63) is 89.2 Å². The fourth-order valence-electron chi connectivity index (χ4n) is 3.10. The van der Waals surface area contributed by atoms with E-state index in [0.29, 0.717) is 29.6 Å². The van der Waals surface area contributed by atoms with Crippen molar-refractivity contribution in [2.45, 2.75) is 19.8 Å². The molecule has 0 aliphatic rings. The lowest BCUT2D eigenvalue weighted by molar-refractivity contribution is -0.116. The van der Waals surface area contributed by atoms with E-state index >= 15 is 0 Å². The molecule has 2 N–H and O–H groups in total. The summed E-state index contributed by atoms with van der Waals surface area (Å²) in [6.07, 6.45) is 4.23. The number of amides is 1. The first-order valence-electron chi connectivity index (χ1n) is 9.93. The van der Waals surface area contributed by atoms with Crippen molar-refractivity contribution in [2.75, 3.05) is 10.6 Å². The van der Waals surface area contributed by atoms with Crippen molar-refractivity contribution < 1.29 is 9.18 Å². The highest BCUT2D eigenvalue weighted by Gasteiger charge is 2.07. The van der Waals surface area contributed by atoms with Crippen LogP contribution in [0.15, 0.2) is 67.0 Å². The summed E-state index contributed by atoms with van der Waals surface area (Å²) < 4.78 is 14.9. The number of nitrogens with zero attached hydrogens (tertiary/aromatic N) is 4. The van der Waals surface area contributed by atoms with Crippen molar-refractivity contribution >= 4 is 34.7 Å². The molecule has 0 spiro atoms. The molecule has 32 heavy (non-hydrogen) atoms. The first kappa shape index (κ1) is 21.5. The highest BCUT2D eigenvalue weighted by atomic mass is 35.5. The number of nitrogens with one attached hydrogen (secondary N) is 2. The third-order valence-corrected chi connectivity index (χ3v) is 4.92. The molecule has 7 nitrogen and oxygen atoms in total. The maximum atomic E-state index is 13.2. The molecule has 162 valence electrons. The van der Waals surface area contributed by atoms with Crippen LogP contribution in [0.3, 0.4) is 0 Å². The van der Waals surface area contributed by atoms with Gasteiger partial charge >= 0.3 is 0 Å². The van der Waals surface area contributed by atoms with Crippen LogP contribution >= 0.6 is 11.6 Å². The predicted octanol–water partition coefficient (Wildman–Crippen LogP) is 5.08. The van der Waals surface area contributed by atoms with Gasteiger partial charge in [0, 0.05) is 36.3 Å². The van der Waals surface area contributed by atoms with Crippen LogP contribution in [0.25, 0.3) is 5.82 Å². The molecule has 2 heterocycles.